The zero-order chi connectivity index (χ0) is 31.8. The lowest BCUT2D eigenvalue weighted by atomic mass is 9.75. The zero-order valence-corrected chi connectivity index (χ0v) is 24.2. The predicted molar refractivity (Wildman–Crippen MR) is 157 cm³/mol. The standard InChI is InChI=1S/2C17H14O5/c1-17(2)12-7-10(16(19)20)3-5-14(12)22-15-6-4-11(21-9-18)8-13(15)17;1-17(2)12-5-3-10(16(19)20)7-14(12)22-15-8-11(21-9-18)4-6-13(15)17/h2*3-9H,1-2H3,(H,19,20). The molecule has 0 fully saturated rings. The molecule has 6 rings (SSSR count). The summed E-state index contributed by atoms with van der Waals surface area (Å²) < 4.78 is 21.4. The van der Waals surface area contributed by atoms with Crippen LogP contribution in [0.1, 0.15) is 70.7 Å². The van der Waals surface area contributed by atoms with Crippen LogP contribution >= 0.6 is 0 Å². The summed E-state index contributed by atoms with van der Waals surface area (Å²) >= 11 is 0. The summed E-state index contributed by atoms with van der Waals surface area (Å²) in [6.45, 7) is 8.75. The number of aromatic carboxylic acids is 2. The van der Waals surface area contributed by atoms with E-state index in [1.54, 1.807) is 54.6 Å². The van der Waals surface area contributed by atoms with Crippen molar-refractivity contribution in [2.24, 2.45) is 0 Å². The van der Waals surface area contributed by atoms with Crippen LogP contribution in [0, 0.1) is 0 Å². The molecule has 2 aliphatic heterocycles. The van der Waals surface area contributed by atoms with E-state index < -0.39 is 17.4 Å². The Bertz CT molecular complexity index is 1820. The van der Waals surface area contributed by atoms with Crippen molar-refractivity contribution in [2.45, 2.75) is 38.5 Å². The van der Waals surface area contributed by atoms with Gasteiger partial charge in [0.2, 0.25) is 0 Å². The van der Waals surface area contributed by atoms with Gasteiger partial charge in [-0.05, 0) is 54.6 Å². The van der Waals surface area contributed by atoms with Crippen LogP contribution in [0.25, 0.3) is 0 Å². The molecule has 0 unspecified atom stereocenters. The Morgan fingerprint density at radius 2 is 1.00 bits per heavy atom. The number of carbonyl (C=O) groups is 4. The van der Waals surface area contributed by atoms with E-state index in [0.29, 0.717) is 47.4 Å². The van der Waals surface area contributed by atoms with Crippen LogP contribution in [0.3, 0.4) is 0 Å². The van der Waals surface area contributed by atoms with Crippen molar-refractivity contribution >= 4 is 24.9 Å². The zero-order valence-electron chi connectivity index (χ0n) is 24.2. The molecule has 4 aromatic carbocycles. The number of hydrogen-bond donors (Lipinski definition) is 2. The van der Waals surface area contributed by atoms with Gasteiger partial charge in [0.25, 0.3) is 12.9 Å². The van der Waals surface area contributed by atoms with Crippen molar-refractivity contribution < 1.29 is 48.3 Å². The van der Waals surface area contributed by atoms with Gasteiger partial charge in [-0.15, -0.1) is 0 Å². The molecular weight excluding hydrogens is 568 g/mol. The van der Waals surface area contributed by atoms with Crippen LogP contribution in [0.15, 0.2) is 72.8 Å². The molecule has 0 atom stereocenters. The molecule has 224 valence electrons. The number of hydrogen-bond acceptors (Lipinski definition) is 8. The number of carboxylic acids is 2. The third-order valence-corrected chi connectivity index (χ3v) is 7.86. The molecule has 0 aromatic heterocycles. The van der Waals surface area contributed by atoms with Gasteiger partial charge >= 0.3 is 11.9 Å². The maximum atomic E-state index is 11.2. The summed E-state index contributed by atoms with van der Waals surface area (Å²) in [6, 6.07) is 20.0. The normalized spacial score (nSPS) is 14.3. The van der Waals surface area contributed by atoms with Crippen molar-refractivity contribution in [3.8, 4) is 34.5 Å². The summed E-state index contributed by atoms with van der Waals surface area (Å²) in [7, 11) is 0. The molecule has 0 spiro atoms. The minimum absolute atomic E-state index is 0.165. The van der Waals surface area contributed by atoms with E-state index in [-0.39, 0.29) is 16.5 Å². The lowest BCUT2D eigenvalue weighted by molar-refractivity contribution is -0.121. The Kier molecular flexibility index (Phi) is 7.61. The number of fused-ring (bicyclic) bond motifs is 4. The highest BCUT2D eigenvalue weighted by atomic mass is 16.5. The fourth-order valence-electron chi connectivity index (χ4n) is 5.47. The minimum Gasteiger partial charge on any atom is -0.478 e. The van der Waals surface area contributed by atoms with Gasteiger partial charge in [0.05, 0.1) is 11.1 Å². The molecular formula is C34H28O10. The Morgan fingerprint density at radius 3 is 1.61 bits per heavy atom. The predicted octanol–water partition coefficient (Wildman–Crippen LogP) is 6.70. The van der Waals surface area contributed by atoms with Gasteiger partial charge in [-0.25, -0.2) is 9.59 Å². The molecule has 0 bridgehead atoms. The minimum atomic E-state index is -1.01. The van der Waals surface area contributed by atoms with Crippen molar-refractivity contribution in [1.29, 1.82) is 0 Å². The summed E-state index contributed by atoms with van der Waals surface area (Å²) in [4.78, 5) is 43.3. The summed E-state index contributed by atoms with van der Waals surface area (Å²) in [5.74, 6) is 1.16. The lowest BCUT2D eigenvalue weighted by Gasteiger charge is -2.34. The second-order valence-electron chi connectivity index (χ2n) is 11.2. The Balaban J connectivity index is 0.000000175. The third-order valence-electron chi connectivity index (χ3n) is 7.86. The molecule has 0 saturated carbocycles. The van der Waals surface area contributed by atoms with E-state index in [9.17, 15) is 19.2 Å². The molecule has 10 nitrogen and oxygen atoms in total. The molecule has 4 aromatic rings. The van der Waals surface area contributed by atoms with Gasteiger partial charge in [-0.2, -0.15) is 0 Å². The second kappa shape index (κ2) is 11.2. The molecule has 2 aliphatic rings. The second-order valence-corrected chi connectivity index (χ2v) is 11.2. The fourth-order valence-corrected chi connectivity index (χ4v) is 5.47. The first-order valence-electron chi connectivity index (χ1n) is 13.5. The summed E-state index contributed by atoms with van der Waals surface area (Å²) in [5.41, 5.74) is 3.02. The van der Waals surface area contributed by atoms with Crippen molar-refractivity contribution in [3.63, 3.8) is 0 Å². The first kappa shape index (κ1) is 29.8. The highest BCUT2D eigenvalue weighted by molar-refractivity contribution is 5.89. The van der Waals surface area contributed by atoms with E-state index in [2.05, 4.69) is 0 Å². The van der Waals surface area contributed by atoms with Crippen LogP contribution in [0.2, 0.25) is 0 Å². The van der Waals surface area contributed by atoms with E-state index in [0.717, 1.165) is 22.3 Å². The lowest BCUT2D eigenvalue weighted by Crippen LogP contribution is -2.25. The van der Waals surface area contributed by atoms with Crippen molar-refractivity contribution in [3.05, 3.63) is 106 Å². The smallest absolute Gasteiger partial charge is 0.335 e. The highest BCUT2D eigenvalue weighted by Crippen LogP contribution is 2.50. The van der Waals surface area contributed by atoms with Crippen molar-refractivity contribution in [2.75, 3.05) is 0 Å². The monoisotopic (exact) mass is 596 g/mol. The van der Waals surface area contributed by atoms with Gasteiger partial charge in [-0.3, -0.25) is 9.59 Å². The van der Waals surface area contributed by atoms with Gasteiger partial charge < -0.3 is 29.2 Å². The molecule has 0 radical (unpaired) electrons. The molecule has 10 heteroatoms. The Morgan fingerprint density at radius 1 is 0.568 bits per heavy atom. The average Bonchev–Trinajstić information content (AvgIpc) is 2.98. The quantitative estimate of drug-likeness (QED) is 0.231. The first-order chi connectivity index (χ1) is 20.9. The maximum Gasteiger partial charge on any atom is 0.335 e. The van der Waals surface area contributed by atoms with E-state index in [1.807, 2.05) is 33.8 Å². The van der Waals surface area contributed by atoms with Gasteiger partial charge in [0, 0.05) is 39.2 Å². The number of rotatable bonds is 6. The highest BCUT2D eigenvalue weighted by Gasteiger charge is 2.36. The maximum absolute atomic E-state index is 11.2. The van der Waals surface area contributed by atoms with Gasteiger partial charge in [0.15, 0.2) is 0 Å². The van der Waals surface area contributed by atoms with E-state index >= 15 is 0 Å². The van der Waals surface area contributed by atoms with Gasteiger partial charge in [0.1, 0.15) is 34.5 Å². The Hall–Kier alpha value is -5.64. The fraction of sp³-hybridized carbons (Fsp3) is 0.176. The van der Waals surface area contributed by atoms with E-state index in [1.165, 1.54) is 12.1 Å². The molecule has 2 N–H and O–H groups in total. The van der Waals surface area contributed by atoms with Gasteiger partial charge in [-0.1, -0.05) is 39.8 Å². The summed E-state index contributed by atoms with van der Waals surface area (Å²) in [5, 5.41) is 18.3. The Labute approximate surface area is 252 Å². The van der Waals surface area contributed by atoms with Crippen molar-refractivity contribution in [1.82, 2.24) is 0 Å². The number of benzene rings is 4. The molecule has 0 amide bonds. The van der Waals surface area contributed by atoms with Crippen LogP contribution in [0.4, 0.5) is 0 Å². The SMILES string of the molecule is CC1(C)c2cc(OC=O)ccc2Oc2ccc(C(=O)O)cc21.CC1(C)c2ccc(OC=O)cc2Oc2cc(C(=O)O)ccc21. The molecule has 0 saturated heterocycles. The van der Waals surface area contributed by atoms with Crippen LogP contribution < -0.4 is 18.9 Å². The topological polar surface area (TPSA) is 146 Å². The molecule has 2 heterocycles. The van der Waals surface area contributed by atoms with Crippen LogP contribution in [-0.2, 0) is 20.4 Å². The molecule has 0 aliphatic carbocycles. The third kappa shape index (κ3) is 5.33. The van der Waals surface area contributed by atoms with Crippen LogP contribution in [0.5, 0.6) is 34.5 Å². The number of carboxylic acid groups (broad SMARTS) is 2. The molecule has 44 heavy (non-hydrogen) atoms. The van der Waals surface area contributed by atoms with Crippen LogP contribution in [-0.4, -0.2) is 35.1 Å². The van der Waals surface area contributed by atoms with E-state index in [4.69, 9.17) is 29.2 Å². The largest absolute Gasteiger partial charge is 0.478 e. The summed E-state index contributed by atoms with van der Waals surface area (Å²) in [6.07, 6.45) is 0. The number of ether oxygens (including phenoxy) is 4. The number of carbonyl (C=O) groups excluding carboxylic acids is 2. The first-order valence-corrected chi connectivity index (χ1v) is 13.5. The average molecular weight is 597 g/mol.